The lowest BCUT2D eigenvalue weighted by molar-refractivity contribution is -0.121. The molecule has 0 atom stereocenters. The SMILES string of the molecule is CC(OCCN1C(=O)COc2c(O)cccc21)(c1ccccc1)c1ccccc1. The first-order valence-corrected chi connectivity index (χ1v) is 9.60. The summed E-state index contributed by atoms with van der Waals surface area (Å²) < 4.78 is 11.8. The summed E-state index contributed by atoms with van der Waals surface area (Å²) in [6, 6.07) is 25.1. The van der Waals surface area contributed by atoms with E-state index >= 15 is 0 Å². The fourth-order valence-corrected chi connectivity index (χ4v) is 3.65. The second-order valence-electron chi connectivity index (χ2n) is 7.07. The number of para-hydroxylation sites is 1. The molecule has 148 valence electrons. The maximum absolute atomic E-state index is 12.4. The van der Waals surface area contributed by atoms with Crippen molar-refractivity contribution in [3.05, 3.63) is 90.0 Å². The Morgan fingerprint density at radius 2 is 1.59 bits per heavy atom. The minimum Gasteiger partial charge on any atom is -0.504 e. The number of phenols is 1. The van der Waals surface area contributed by atoms with Crippen molar-refractivity contribution >= 4 is 11.6 Å². The van der Waals surface area contributed by atoms with Crippen LogP contribution in [0.1, 0.15) is 18.1 Å². The zero-order valence-electron chi connectivity index (χ0n) is 16.2. The molecule has 0 unspecified atom stereocenters. The van der Waals surface area contributed by atoms with Gasteiger partial charge >= 0.3 is 0 Å². The summed E-state index contributed by atoms with van der Waals surface area (Å²) in [5.74, 6) is 0.202. The van der Waals surface area contributed by atoms with Crippen LogP contribution in [0.25, 0.3) is 0 Å². The van der Waals surface area contributed by atoms with Crippen LogP contribution in [0.3, 0.4) is 0 Å². The van der Waals surface area contributed by atoms with E-state index in [0.717, 1.165) is 11.1 Å². The second kappa shape index (κ2) is 7.97. The molecule has 0 saturated heterocycles. The average Bonchev–Trinajstić information content (AvgIpc) is 2.76. The third-order valence-electron chi connectivity index (χ3n) is 5.26. The van der Waals surface area contributed by atoms with E-state index in [0.29, 0.717) is 24.6 Å². The average molecular weight is 389 g/mol. The molecule has 1 amide bonds. The number of phenolic OH excluding ortho intramolecular Hbond substituents is 1. The molecule has 1 N–H and O–H groups in total. The lowest BCUT2D eigenvalue weighted by Gasteiger charge is -2.34. The molecule has 1 aliphatic rings. The van der Waals surface area contributed by atoms with Gasteiger partial charge in [-0.05, 0) is 30.2 Å². The van der Waals surface area contributed by atoms with E-state index in [1.165, 1.54) is 0 Å². The molecule has 0 spiro atoms. The minimum absolute atomic E-state index is 0.0272. The Balaban J connectivity index is 1.57. The van der Waals surface area contributed by atoms with Crippen LogP contribution in [-0.2, 0) is 15.1 Å². The zero-order valence-corrected chi connectivity index (χ0v) is 16.2. The van der Waals surface area contributed by atoms with Crippen LogP contribution < -0.4 is 9.64 Å². The molecule has 0 radical (unpaired) electrons. The smallest absolute Gasteiger partial charge is 0.265 e. The topological polar surface area (TPSA) is 59.0 Å². The van der Waals surface area contributed by atoms with Gasteiger partial charge < -0.3 is 19.5 Å². The molecule has 0 aliphatic carbocycles. The van der Waals surface area contributed by atoms with Crippen molar-refractivity contribution in [2.75, 3.05) is 24.7 Å². The molecular formula is C24H23NO4. The fraction of sp³-hybridized carbons (Fsp3) is 0.208. The van der Waals surface area contributed by atoms with Crippen molar-refractivity contribution in [1.82, 2.24) is 0 Å². The van der Waals surface area contributed by atoms with E-state index in [1.54, 1.807) is 23.1 Å². The predicted octanol–water partition coefficient (Wildman–Crippen LogP) is 4.10. The Bertz CT molecular complexity index is 949. The maximum atomic E-state index is 12.4. The molecular weight excluding hydrogens is 366 g/mol. The number of aromatic hydroxyl groups is 1. The Morgan fingerprint density at radius 1 is 0.966 bits per heavy atom. The number of amides is 1. The van der Waals surface area contributed by atoms with Crippen molar-refractivity contribution < 1.29 is 19.4 Å². The highest BCUT2D eigenvalue weighted by Gasteiger charge is 2.32. The third kappa shape index (κ3) is 3.69. The van der Waals surface area contributed by atoms with Crippen LogP contribution >= 0.6 is 0 Å². The number of benzene rings is 3. The summed E-state index contributed by atoms with van der Waals surface area (Å²) in [5, 5.41) is 10.0. The number of ether oxygens (including phenoxy) is 2. The molecule has 3 aromatic carbocycles. The number of anilines is 1. The van der Waals surface area contributed by atoms with Crippen molar-refractivity contribution in [2.45, 2.75) is 12.5 Å². The number of fused-ring (bicyclic) bond motifs is 1. The molecule has 29 heavy (non-hydrogen) atoms. The molecule has 1 aliphatic heterocycles. The Hall–Kier alpha value is -3.31. The highest BCUT2D eigenvalue weighted by Crippen LogP contribution is 2.39. The van der Waals surface area contributed by atoms with Gasteiger partial charge in [-0.3, -0.25) is 4.79 Å². The van der Waals surface area contributed by atoms with Crippen LogP contribution in [0.5, 0.6) is 11.5 Å². The summed E-state index contributed by atoms with van der Waals surface area (Å²) in [5.41, 5.74) is 1.99. The molecule has 5 nitrogen and oxygen atoms in total. The largest absolute Gasteiger partial charge is 0.504 e. The molecule has 0 aromatic heterocycles. The van der Waals surface area contributed by atoms with Gasteiger partial charge in [0.25, 0.3) is 5.91 Å². The van der Waals surface area contributed by atoms with Crippen molar-refractivity contribution in [3.8, 4) is 11.5 Å². The summed E-state index contributed by atoms with van der Waals surface area (Å²) in [6.07, 6.45) is 0. The lowest BCUT2D eigenvalue weighted by atomic mass is 9.88. The molecule has 1 heterocycles. The molecule has 0 saturated carbocycles. The fourth-order valence-electron chi connectivity index (χ4n) is 3.65. The van der Waals surface area contributed by atoms with Gasteiger partial charge in [-0.2, -0.15) is 0 Å². The van der Waals surface area contributed by atoms with Gasteiger partial charge in [-0.1, -0.05) is 66.7 Å². The van der Waals surface area contributed by atoms with E-state index in [1.807, 2.05) is 67.6 Å². The Labute approximate surface area is 170 Å². The first-order chi connectivity index (χ1) is 14.1. The van der Waals surface area contributed by atoms with E-state index in [2.05, 4.69) is 0 Å². The molecule has 4 rings (SSSR count). The predicted molar refractivity (Wildman–Crippen MR) is 111 cm³/mol. The van der Waals surface area contributed by atoms with Crippen molar-refractivity contribution in [1.29, 1.82) is 0 Å². The summed E-state index contributed by atoms with van der Waals surface area (Å²) in [4.78, 5) is 14.0. The standard InChI is InChI=1S/C24H23NO4/c1-24(18-9-4-2-5-10-18,19-11-6-3-7-12-19)29-16-15-25-20-13-8-14-21(26)23(20)28-17-22(25)27/h2-14,26H,15-17H2,1H3. The molecule has 5 heteroatoms. The summed E-state index contributed by atoms with van der Waals surface area (Å²) in [7, 11) is 0. The zero-order chi connectivity index (χ0) is 20.3. The highest BCUT2D eigenvalue weighted by molar-refractivity contribution is 5.98. The van der Waals surface area contributed by atoms with Crippen LogP contribution in [0.2, 0.25) is 0 Å². The van der Waals surface area contributed by atoms with Gasteiger partial charge in [0.15, 0.2) is 18.1 Å². The van der Waals surface area contributed by atoms with E-state index in [9.17, 15) is 9.90 Å². The Kier molecular flexibility index (Phi) is 5.23. The van der Waals surface area contributed by atoms with Gasteiger partial charge in [0, 0.05) is 6.54 Å². The van der Waals surface area contributed by atoms with Gasteiger partial charge in [-0.25, -0.2) is 0 Å². The summed E-state index contributed by atoms with van der Waals surface area (Å²) in [6.45, 7) is 2.62. The van der Waals surface area contributed by atoms with Gasteiger partial charge in [0.1, 0.15) is 5.60 Å². The van der Waals surface area contributed by atoms with Crippen LogP contribution in [0.4, 0.5) is 5.69 Å². The Morgan fingerprint density at radius 3 is 2.21 bits per heavy atom. The van der Waals surface area contributed by atoms with Gasteiger partial charge in [0.05, 0.1) is 12.3 Å². The number of carbonyl (C=O) groups excluding carboxylic acids is 1. The molecule has 3 aromatic rings. The molecule has 0 fully saturated rings. The lowest BCUT2D eigenvalue weighted by Crippen LogP contribution is -2.42. The number of rotatable bonds is 6. The normalized spacial score (nSPS) is 13.7. The number of nitrogens with zero attached hydrogens (tertiary/aromatic N) is 1. The van der Waals surface area contributed by atoms with Gasteiger partial charge in [-0.15, -0.1) is 0 Å². The van der Waals surface area contributed by atoms with Crippen molar-refractivity contribution in [2.24, 2.45) is 0 Å². The quantitative estimate of drug-likeness (QED) is 0.690. The van der Waals surface area contributed by atoms with Crippen LogP contribution in [0, 0.1) is 0 Å². The number of hydrogen-bond donors (Lipinski definition) is 1. The van der Waals surface area contributed by atoms with Crippen LogP contribution in [-0.4, -0.2) is 30.8 Å². The summed E-state index contributed by atoms with van der Waals surface area (Å²) >= 11 is 0. The van der Waals surface area contributed by atoms with E-state index in [4.69, 9.17) is 9.47 Å². The first-order valence-electron chi connectivity index (χ1n) is 9.60. The number of carbonyl (C=O) groups is 1. The maximum Gasteiger partial charge on any atom is 0.265 e. The second-order valence-corrected chi connectivity index (χ2v) is 7.07. The minimum atomic E-state index is -0.653. The van der Waals surface area contributed by atoms with Gasteiger partial charge in [0.2, 0.25) is 0 Å². The monoisotopic (exact) mass is 389 g/mol. The third-order valence-corrected chi connectivity index (χ3v) is 5.26. The highest BCUT2D eigenvalue weighted by atomic mass is 16.5. The number of hydrogen-bond acceptors (Lipinski definition) is 4. The van der Waals surface area contributed by atoms with Crippen molar-refractivity contribution in [3.63, 3.8) is 0 Å². The molecule has 0 bridgehead atoms. The van der Waals surface area contributed by atoms with Crippen LogP contribution in [0.15, 0.2) is 78.9 Å². The first kappa shape index (κ1) is 19.0. The van der Waals surface area contributed by atoms with E-state index < -0.39 is 5.60 Å². The van der Waals surface area contributed by atoms with E-state index in [-0.39, 0.29) is 18.3 Å².